The minimum atomic E-state index is -0.816. The lowest BCUT2D eigenvalue weighted by atomic mass is 10.2. The number of aromatic nitrogens is 2. The Balaban J connectivity index is 2.73. The zero-order valence-corrected chi connectivity index (χ0v) is 7.53. The van der Waals surface area contributed by atoms with Crippen LogP contribution in [0.5, 0.6) is 0 Å². The van der Waals surface area contributed by atoms with Crippen LogP contribution in [0.15, 0.2) is 6.20 Å². The topological polar surface area (TPSA) is 81.1 Å². The van der Waals surface area contributed by atoms with Gasteiger partial charge in [0.25, 0.3) is 0 Å². The largest absolute Gasteiger partial charge is 0.481 e. The number of rotatable bonds is 4. The van der Waals surface area contributed by atoms with Crippen molar-refractivity contribution in [2.45, 2.75) is 26.3 Å². The van der Waals surface area contributed by atoms with E-state index >= 15 is 0 Å². The summed E-state index contributed by atoms with van der Waals surface area (Å²) in [6, 6.07) is 0. The normalized spacial score (nSPS) is 10.2. The van der Waals surface area contributed by atoms with Crippen molar-refractivity contribution in [2.24, 2.45) is 0 Å². The Bertz CT molecular complexity index is 306. The fourth-order valence-corrected chi connectivity index (χ4v) is 1.20. The predicted molar refractivity (Wildman–Crippen MR) is 48.3 cm³/mol. The fourth-order valence-electron chi connectivity index (χ4n) is 1.20. The second-order valence-electron chi connectivity index (χ2n) is 2.76. The number of carboxylic acid groups (broad SMARTS) is 1. The second-order valence-corrected chi connectivity index (χ2v) is 2.76. The van der Waals surface area contributed by atoms with Crippen molar-refractivity contribution in [1.82, 2.24) is 9.78 Å². The average Bonchev–Trinajstić information content (AvgIpc) is 2.43. The number of carboxylic acids is 1. The van der Waals surface area contributed by atoms with Crippen LogP contribution in [-0.2, 0) is 17.8 Å². The molecule has 0 spiro atoms. The van der Waals surface area contributed by atoms with Gasteiger partial charge in [0.05, 0.1) is 24.0 Å². The SMILES string of the molecule is CCn1ncc(N)c1CCC(=O)O. The van der Waals surface area contributed by atoms with Gasteiger partial charge in [-0.15, -0.1) is 0 Å². The minimum Gasteiger partial charge on any atom is -0.481 e. The number of hydrogen-bond donors (Lipinski definition) is 2. The third-order valence-corrected chi connectivity index (χ3v) is 1.86. The van der Waals surface area contributed by atoms with E-state index in [0.29, 0.717) is 18.7 Å². The fraction of sp³-hybridized carbons (Fsp3) is 0.500. The minimum absolute atomic E-state index is 0.0931. The first-order chi connectivity index (χ1) is 6.15. The van der Waals surface area contributed by atoms with Crippen LogP contribution in [0, 0.1) is 0 Å². The molecule has 5 heteroatoms. The summed E-state index contributed by atoms with van der Waals surface area (Å²) in [7, 11) is 0. The number of nitrogens with two attached hydrogens (primary N) is 1. The summed E-state index contributed by atoms with van der Waals surface area (Å²) in [6.07, 6.45) is 2.09. The van der Waals surface area contributed by atoms with E-state index in [4.69, 9.17) is 10.8 Å². The molecule has 1 aromatic rings. The number of nitrogen functional groups attached to an aromatic ring is 1. The Morgan fingerprint density at radius 2 is 2.46 bits per heavy atom. The third kappa shape index (κ3) is 2.21. The van der Waals surface area contributed by atoms with Gasteiger partial charge in [-0.1, -0.05) is 0 Å². The van der Waals surface area contributed by atoms with Gasteiger partial charge < -0.3 is 10.8 Å². The zero-order chi connectivity index (χ0) is 9.84. The highest BCUT2D eigenvalue weighted by Gasteiger charge is 2.08. The number of anilines is 1. The summed E-state index contributed by atoms with van der Waals surface area (Å²) in [6.45, 7) is 2.66. The summed E-state index contributed by atoms with van der Waals surface area (Å²) in [5.41, 5.74) is 7.01. The lowest BCUT2D eigenvalue weighted by Gasteiger charge is -2.03. The van der Waals surface area contributed by atoms with Crippen LogP contribution in [0.3, 0.4) is 0 Å². The molecule has 5 nitrogen and oxygen atoms in total. The molecule has 3 N–H and O–H groups in total. The summed E-state index contributed by atoms with van der Waals surface area (Å²) in [5, 5.41) is 12.5. The standard InChI is InChI=1S/C8H13N3O2/c1-2-11-7(3-4-8(12)13)6(9)5-10-11/h5H,2-4,9H2,1H3,(H,12,13). The molecule has 0 bridgehead atoms. The summed E-state index contributed by atoms with van der Waals surface area (Å²) < 4.78 is 1.72. The molecular weight excluding hydrogens is 170 g/mol. The van der Waals surface area contributed by atoms with Gasteiger partial charge in [0, 0.05) is 13.0 Å². The lowest BCUT2D eigenvalue weighted by molar-refractivity contribution is -0.136. The molecule has 1 aromatic heterocycles. The van der Waals surface area contributed by atoms with Crippen LogP contribution in [-0.4, -0.2) is 20.9 Å². The van der Waals surface area contributed by atoms with Crippen molar-refractivity contribution >= 4 is 11.7 Å². The predicted octanol–water partition coefficient (Wildman–Crippen LogP) is 0.502. The Kier molecular flexibility index (Phi) is 2.89. The third-order valence-electron chi connectivity index (χ3n) is 1.86. The monoisotopic (exact) mass is 183 g/mol. The number of carbonyl (C=O) groups is 1. The maximum atomic E-state index is 10.3. The van der Waals surface area contributed by atoms with Crippen molar-refractivity contribution in [2.75, 3.05) is 5.73 Å². The first-order valence-corrected chi connectivity index (χ1v) is 4.17. The van der Waals surface area contributed by atoms with Gasteiger partial charge in [-0.25, -0.2) is 0 Å². The van der Waals surface area contributed by atoms with Gasteiger partial charge >= 0.3 is 5.97 Å². The van der Waals surface area contributed by atoms with Gasteiger partial charge in [-0.3, -0.25) is 9.48 Å². The van der Waals surface area contributed by atoms with Crippen LogP contribution in [0.2, 0.25) is 0 Å². The van der Waals surface area contributed by atoms with E-state index < -0.39 is 5.97 Å². The number of nitrogens with zero attached hydrogens (tertiary/aromatic N) is 2. The Labute approximate surface area is 76.2 Å². The van der Waals surface area contributed by atoms with Crippen LogP contribution in [0.4, 0.5) is 5.69 Å². The highest BCUT2D eigenvalue weighted by molar-refractivity contribution is 5.67. The molecule has 1 rings (SSSR count). The van der Waals surface area contributed by atoms with Gasteiger partial charge in [-0.05, 0) is 6.92 Å². The molecule has 0 aromatic carbocycles. The van der Waals surface area contributed by atoms with E-state index in [9.17, 15) is 4.79 Å². The highest BCUT2D eigenvalue weighted by Crippen LogP contribution is 2.12. The van der Waals surface area contributed by atoms with Crippen LogP contribution >= 0.6 is 0 Å². The Hall–Kier alpha value is -1.52. The van der Waals surface area contributed by atoms with Gasteiger partial charge in [0.15, 0.2) is 0 Å². The number of aliphatic carboxylic acids is 1. The molecule has 0 amide bonds. The van der Waals surface area contributed by atoms with Gasteiger partial charge in [0.1, 0.15) is 0 Å². The molecule has 0 aliphatic carbocycles. The molecule has 0 aliphatic heterocycles. The number of hydrogen-bond acceptors (Lipinski definition) is 3. The van der Waals surface area contributed by atoms with Gasteiger partial charge in [0.2, 0.25) is 0 Å². The van der Waals surface area contributed by atoms with Gasteiger partial charge in [-0.2, -0.15) is 5.10 Å². The quantitative estimate of drug-likeness (QED) is 0.712. The van der Waals surface area contributed by atoms with Crippen LogP contribution < -0.4 is 5.73 Å². The average molecular weight is 183 g/mol. The smallest absolute Gasteiger partial charge is 0.303 e. The van der Waals surface area contributed by atoms with Crippen molar-refractivity contribution in [3.63, 3.8) is 0 Å². The van der Waals surface area contributed by atoms with E-state index in [-0.39, 0.29) is 6.42 Å². The van der Waals surface area contributed by atoms with E-state index in [1.54, 1.807) is 10.9 Å². The van der Waals surface area contributed by atoms with E-state index in [1.165, 1.54) is 0 Å². The summed E-state index contributed by atoms with van der Waals surface area (Å²) >= 11 is 0. The molecule has 1 heterocycles. The van der Waals surface area contributed by atoms with E-state index in [0.717, 1.165) is 5.69 Å². The number of aryl methyl sites for hydroxylation is 1. The van der Waals surface area contributed by atoms with Crippen molar-refractivity contribution in [3.05, 3.63) is 11.9 Å². The van der Waals surface area contributed by atoms with Crippen molar-refractivity contribution < 1.29 is 9.90 Å². The molecular formula is C8H13N3O2. The molecule has 0 saturated carbocycles. The van der Waals surface area contributed by atoms with Crippen LogP contribution in [0.1, 0.15) is 19.0 Å². The van der Waals surface area contributed by atoms with Crippen molar-refractivity contribution in [3.8, 4) is 0 Å². The molecule has 0 atom stereocenters. The Morgan fingerprint density at radius 1 is 1.77 bits per heavy atom. The molecule has 13 heavy (non-hydrogen) atoms. The first-order valence-electron chi connectivity index (χ1n) is 4.17. The lowest BCUT2D eigenvalue weighted by Crippen LogP contribution is -2.07. The molecule has 0 fully saturated rings. The molecule has 0 unspecified atom stereocenters. The molecule has 0 aliphatic rings. The van der Waals surface area contributed by atoms with Crippen molar-refractivity contribution in [1.29, 1.82) is 0 Å². The zero-order valence-electron chi connectivity index (χ0n) is 7.53. The molecule has 72 valence electrons. The van der Waals surface area contributed by atoms with Crippen LogP contribution in [0.25, 0.3) is 0 Å². The summed E-state index contributed by atoms with van der Waals surface area (Å²) in [5.74, 6) is -0.816. The maximum absolute atomic E-state index is 10.3. The maximum Gasteiger partial charge on any atom is 0.303 e. The molecule has 0 radical (unpaired) electrons. The first kappa shape index (κ1) is 9.57. The molecule has 0 saturated heterocycles. The highest BCUT2D eigenvalue weighted by atomic mass is 16.4. The summed E-state index contributed by atoms with van der Waals surface area (Å²) in [4.78, 5) is 10.3. The second kappa shape index (κ2) is 3.93. The Morgan fingerprint density at radius 3 is 3.00 bits per heavy atom. The van der Waals surface area contributed by atoms with E-state index in [1.807, 2.05) is 6.92 Å². The van der Waals surface area contributed by atoms with E-state index in [2.05, 4.69) is 5.10 Å².